The number of allylic oxidation sites excluding steroid dienone is 1. The van der Waals surface area contributed by atoms with Crippen LogP contribution in [0.25, 0.3) is 27.6 Å². The van der Waals surface area contributed by atoms with Crippen LogP contribution < -0.4 is 5.69 Å². The van der Waals surface area contributed by atoms with Crippen LogP contribution in [-0.4, -0.2) is 14.1 Å². The normalized spacial score (nSPS) is 12.8. The number of hydrogen-bond acceptors (Lipinski definition) is 1. The van der Waals surface area contributed by atoms with Gasteiger partial charge in [-0.05, 0) is 70.0 Å². The van der Waals surface area contributed by atoms with Gasteiger partial charge >= 0.3 is 5.69 Å². The second-order valence-corrected chi connectivity index (χ2v) is 8.12. The number of aryl methyl sites for hydroxylation is 3. The second-order valence-electron chi connectivity index (χ2n) is 7.68. The number of imidazole rings is 1. The van der Waals surface area contributed by atoms with E-state index in [4.69, 9.17) is 11.6 Å². The van der Waals surface area contributed by atoms with Crippen molar-refractivity contribution in [2.24, 2.45) is 0 Å². The fourth-order valence-electron chi connectivity index (χ4n) is 4.09. The highest BCUT2D eigenvalue weighted by Gasteiger charge is 2.22. The van der Waals surface area contributed by atoms with Crippen molar-refractivity contribution in [3.05, 3.63) is 74.8 Å². The molecular weight excluding hydrogens is 370 g/mol. The molecular formula is C23H24ClN3O. The van der Waals surface area contributed by atoms with Gasteiger partial charge in [0.25, 0.3) is 0 Å². The smallest absolute Gasteiger partial charge is 0.334 e. The molecule has 2 heterocycles. The van der Waals surface area contributed by atoms with E-state index >= 15 is 0 Å². The molecule has 1 atom stereocenters. The van der Waals surface area contributed by atoms with Crippen LogP contribution in [0.15, 0.2) is 41.7 Å². The summed E-state index contributed by atoms with van der Waals surface area (Å²) in [6.45, 7) is 14.1. The highest BCUT2D eigenvalue weighted by molar-refractivity contribution is 6.31. The molecule has 1 unspecified atom stereocenters. The standard InChI is InChI=1S/C23H24ClN3O/c1-12(2)26-21-9-13(3)7-8-20(21)27(23(26)28)16(6)19-11-17(24)10-18-14(4)15(5)25-22(18)19/h7-11,16,25H,1H2,2-6H3. The van der Waals surface area contributed by atoms with Crippen LogP contribution in [0.5, 0.6) is 0 Å². The predicted octanol–water partition coefficient (Wildman–Crippen LogP) is 5.96. The summed E-state index contributed by atoms with van der Waals surface area (Å²) in [5, 5.41) is 1.77. The Morgan fingerprint density at radius 2 is 1.86 bits per heavy atom. The summed E-state index contributed by atoms with van der Waals surface area (Å²) >= 11 is 6.45. The van der Waals surface area contributed by atoms with Crippen LogP contribution in [0.1, 0.15) is 42.3 Å². The topological polar surface area (TPSA) is 42.7 Å². The summed E-state index contributed by atoms with van der Waals surface area (Å²) in [5.41, 5.74) is 7.80. The number of nitrogens with one attached hydrogen (secondary N) is 1. The molecule has 0 saturated heterocycles. The molecule has 0 aliphatic carbocycles. The maximum absolute atomic E-state index is 13.4. The molecule has 5 heteroatoms. The first kappa shape index (κ1) is 18.6. The van der Waals surface area contributed by atoms with Crippen molar-refractivity contribution in [2.45, 2.75) is 40.7 Å². The molecule has 4 nitrogen and oxygen atoms in total. The Hall–Kier alpha value is -2.72. The van der Waals surface area contributed by atoms with Gasteiger partial charge in [-0.25, -0.2) is 4.79 Å². The number of halogens is 1. The maximum atomic E-state index is 13.4. The molecule has 0 bridgehead atoms. The van der Waals surface area contributed by atoms with Crippen LogP contribution >= 0.6 is 11.6 Å². The first-order valence-corrected chi connectivity index (χ1v) is 9.76. The number of aromatic amines is 1. The maximum Gasteiger partial charge on any atom is 0.334 e. The van der Waals surface area contributed by atoms with Crippen molar-refractivity contribution in [3.63, 3.8) is 0 Å². The summed E-state index contributed by atoms with van der Waals surface area (Å²) in [7, 11) is 0. The third-order valence-corrected chi connectivity index (χ3v) is 5.88. The SMILES string of the molecule is C=C(C)n1c(=O)n(C(C)c2cc(Cl)cc3c(C)c(C)[nH]c23)c2ccc(C)cc21. The molecule has 2 aromatic carbocycles. The highest BCUT2D eigenvalue weighted by atomic mass is 35.5. The molecule has 2 aromatic heterocycles. The number of hydrogen-bond donors (Lipinski definition) is 1. The molecule has 1 N–H and O–H groups in total. The molecule has 0 radical (unpaired) electrons. The summed E-state index contributed by atoms with van der Waals surface area (Å²) in [5.74, 6) is 0. The number of rotatable bonds is 3. The van der Waals surface area contributed by atoms with E-state index in [-0.39, 0.29) is 11.7 Å². The van der Waals surface area contributed by atoms with Crippen molar-refractivity contribution >= 4 is 39.2 Å². The van der Waals surface area contributed by atoms with Crippen molar-refractivity contribution in [1.29, 1.82) is 0 Å². The number of H-pyrrole nitrogens is 1. The monoisotopic (exact) mass is 393 g/mol. The lowest BCUT2D eigenvalue weighted by atomic mass is 10.0. The minimum absolute atomic E-state index is 0.0891. The van der Waals surface area contributed by atoms with Crippen LogP contribution in [0.4, 0.5) is 0 Å². The van der Waals surface area contributed by atoms with E-state index in [9.17, 15) is 4.79 Å². The van der Waals surface area contributed by atoms with Gasteiger partial charge in [-0.2, -0.15) is 0 Å². The lowest BCUT2D eigenvalue weighted by molar-refractivity contribution is 0.630. The largest absolute Gasteiger partial charge is 0.358 e. The summed E-state index contributed by atoms with van der Waals surface area (Å²) in [4.78, 5) is 16.9. The molecule has 4 rings (SSSR count). The van der Waals surface area contributed by atoms with Gasteiger partial charge in [-0.3, -0.25) is 9.13 Å². The van der Waals surface area contributed by atoms with Crippen LogP contribution in [-0.2, 0) is 0 Å². The molecule has 144 valence electrons. The van der Waals surface area contributed by atoms with Gasteiger partial charge in [0.05, 0.1) is 22.6 Å². The molecule has 0 aliphatic heterocycles. The van der Waals surface area contributed by atoms with Crippen LogP contribution in [0.3, 0.4) is 0 Å². The van der Waals surface area contributed by atoms with E-state index in [1.54, 1.807) is 4.57 Å². The minimum Gasteiger partial charge on any atom is -0.358 e. The van der Waals surface area contributed by atoms with E-state index in [1.807, 2.05) is 55.7 Å². The Balaban J connectivity index is 2.06. The lowest BCUT2D eigenvalue weighted by Gasteiger charge is -2.16. The van der Waals surface area contributed by atoms with Gasteiger partial charge < -0.3 is 4.98 Å². The van der Waals surface area contributed by atoms with Gasteiger partial charge in [0.1, 0.15) is 0 Å². The fourth-order valence-corrected chi connectivity index (χ4v) is 4.31. The second kappa shape index (κ2) is 6.42. The number of fused-ring (bicyclic) bond motifs is 2. The summed E-state index contributed by atoms with van der Waals surface area (Å²) in [6, 6.07) is 9.81. The first-order chi connectivity index (χ1) is 13.2. The zero-order valence-electron chi connectivity index (χ0n) is 16.9. The Labute approximate surface area is 169 Å². The Kier molecular flexibility index (Phi) is 4.27. The van der Waals surface area contributed by atoms with Gasteiger partial charge in [-0.15, -0.1) is 0 Å². The van der Waals surface area contributed by atoms with E-state index in [0.717, 1.165) is 38.8 Å². The van der Waals surface area contributed by atoms with Crippen LogP contribution in [0.2, 0.25) is 5.02 Å². The molecule has 0 fully saturated rings. The summed E-state index contributed by atoms with van der Waals surface area (Å²) < 4.78 is 3.52. The number of benzene rings is 2. The zero-order chi connectivity index (χ0) is 20.3. The zero-order valence-corrected chi connectivity index (χ0v) is 17.6. The van der Waals surface area contributed by atoms with Gasteiger partial charge in [0.2, 0.25) is 0 Å². The molecule has 0 spiro atoms. The van der Waals surface area contributed by atoms with Gasteiger partial charge in [0, 0.05) is 27.4 Å². The Morgan fingerprint density at radius 3 is 2.54 bits per heavy atom. The van der Waals surface area contributed by atoms with Crippen molar-refractivity contribution in [3.8, 4) is 0 Å². The minimum atomic E-state index is -0.197. The average molecular weight is 394 g/mol. The quantitative estimate of drug-likeness (QED) is 0.458. The first-order valence-electron chi connectivity index (χ1n) is 9.38. The van der Waals surface area contributed by atoms with E-state index in [1.165, 1.54) is 5.56 Å². The Morgan fingerprint density at radius 1 is 1.14 bits per heavy atom. The number of aromatic nitrogens is 3. The molecule has 0 aliphatic rings. The third-order valence-electron chi connectivity index (χ3n) is 5.66. The van der Waals surface area contributed by atoms with Gasteiger partial charge in [0.15, 0.2) is 0 Å². The molecule has 28 heavy (non-hydrogen) atoms. The predicted molar refractivity (Wildman–Crippen MR) is 119 cm³/mol. The van der Waals surface area contributed by atoms with Crippen molar-refractivity contribution in [2.75, 3.05) is 0 Å². The third kappa shape index (κ3) is 2.63. The van der Waals surface area contributed by atoms with Gasteiger partial charge in [-0.1, -0.05) is 24.2 Å². The molecule has 4 aromatic rings. The summed E-state index contributed by atoms with van der Waals surface area (Å²) in [6.07, 6.45) is 0. The fraction of sp³-hybridized carbons (Fsp3) is 0.261. The van der Waals surface area contributed by atoms with Crippen molar-refractivity contribution in [1.82, 2.24) is 14.1 Å². The number of nitrogens with zero attached hydrogens (tertiary/aromatic N) is 2. The Bertz CT molecular complexity index is 1320. The van der Waals surface area contributed by atoms with Crippen LogP contribution in [0, 0.1) is 20.8 Å². The molecule has 0 saturated carbocycles. The average Bonchev–Trinajstić information content (AvgIpc) is 3.07. The van der Waals surface area contributed by atoms with E-state index in [2.05, 4.69) is 25.4 Å². The van der Waals surface area contributed by atoms with E-state index < -0.39 is 0 Å². The van der Waals surface area contributed by atoms with E-state index in [0.29, 0.717) is 10.7 Å². The highest BCUT2D eigenvalue weighted by Crippen LogP contribution is 2.34. The van der Waals surface area contributed by atoms with Crippen molar-refractivity contribution < 1.29 is 0 Å². The lowest BCUT2D eigenvalue weighted by Crippen LogP contribution is -2.26. The molecule has 0 amide bonds.